The molecule has 0 radical (unpaired) electrons. The first-order valence-corrected chi connectivity index (χ1v) is 12.8. The van der Waals surface area contributed by atoms with E-state index in [4.69, 9.17) is 46.4 Å². The zero-order valence-corrected chi connectivity index (χ0v) is 19.9. The number of anilines is 1. The molecular formula is C18H18Cl4N2O3S2. The number of carbonyl (C=O) groups is 1. The number of carbonyl (C=O) groups excluding carboxylic acids is 1. The second kappa shape index (κ2) is 11.0. The molecule has 5 nitrogen and oxygen atoms in total. The first-order valence-electron chi connectivity index (χ1n) is 8.29. The first-order chi connectivity index (χ1) is 13.6. The lowest BCUT2D eigenvalue weighted by molar-refractivity contribution is -0.119. The number of amides is 1. The monoisotopic (exact) mass is 514 g/mol. The summed E-state index contributed by atoms with van der Waals surface area (Å²) in [6.45, 7) is -0.0179. The van der Waals surface area contributed by atoms with Gasteiger partial charge in [0.15, 0.2) is 0 Å². The quantitative estimate of drug-likeness (QED) is 0.471. The van der Waals surface area contributed by atoms with Crippen molar-refractivity contribution in [3.05, 3.63) is 62.1 Å². The van der Waals surface area contributed by atoms with Gasteiger partial charge in [0.25, 0.3) is 0 Å². The van der Waals surface area contributed by atoms with Crippen LogP contribution in [-0.4, -0.2) is 39.4 Å². The predicted molar refractivity (Wildman–Crippen MR) is 124 cm³/mol. The van der Waals surface area contributed by atoms with E-state index in [1.165, 1.54) is 18.2 Å². The molecule has 0 bridgehead atoms. The van der Waals surface area contributed by atoms with Crippen molar-refractivity contribution < 1.29 is 13.2 Å². The van der Waals surface area contributed by atoms with E-state index < -0.39 is 15.9 Å². The highest BCUT2D eigenvalue weighted by molar-refractivity contribution is 7.98. The molecule has 29 heavy (non-hydrogen) atoms. The predicted octanol–water partition coefficient (Wildman–Crippen LogP) is 5.12. The van der Waals surface area contributed by atoms with Crippen LogP contribution in [-0.2, 0) is 20.6 Å². The summed E-state index contributed by atoms with van der Waals surface area (Å²) in [7, 11) is -3.71. The molecule has 0 fully saturated rings. The zero-order chi connectivity index (χ0) is 21.6. The van der Waals surface area contributed by atoms with E-state index in [-0.39, 0.29) is 22.3 Å². The molecule has 2 aromatic rings. The lowest BCUT2D eigenvalue weighted by atomic mass is 10.2. The van der Waals surface area contributed by atoms with Crippen molar-refractivity contribution in [2.75, 3.05) is 29.4 Å². The summed E-state index contributed by atoms with van der Waals surface area (Å²) in [6, 6.07) is 9.67. The fourth-order valence-electron chi connectivity index (χ4n) is 2.38. The Bertz CT molecular complexity index is 947. The summed E-state index contributed by atoms with van der Waals surface area (Å²) in [5.74, 6) is 0.767. The maximum Gasteiger partial charge on any atom is 0.240 e. The van der Waals surface area contributed by atoms with Gasteiger partial charge in [-0.25, -0.2) is 8.42 Å². The van der Waals surface area contributed by atoms with Crippen LogP contribution in [0.1, 0.15) is 5.56 Å². The van der Waals surface area contributed by atoms with E-state index in [1.807, 2.05) is 0 Å². The van der Waals surface area contributed by atoms with Crippen LogP contribution in [0.2, 0.25) is 20.1 Å². The van der Waals surface area contributed by atoms with Crippen LogP contribution >= 0.6 is 58.2 Å². The van der Waals surface area contributed by atoms with Gasteiger partial charge in [0, 0.05) is 38.1 Å². The number of halogens is 4. The molecule has 2 aromatic carbocycles. The highest BCUT2D eigenvalue weighted by Gasteiger charge is 2.21. The molecule has 0 spiro atoms. The summed E-state index contributed by atoms with van der Waals surface area (Å²) >= 11 is 25.7. The van der Waals surface area contributed by atoms with Gasteiger partial charge < -0.3 is 5.32 Å². The second-order valence-electron chi connectivity index (χ2n) is 6.00. The molecule has 1 N–H and O–H groups in total. The summed E-state index contributed by atoms with van der Waals surface area (Å²) in [5, 5.41) is 4.44. The van der Waals surface area contributed by atoms with Crippen LogP contribution in [0.3, 0.4) is 0 Å². The average Bonchev–Trinajstić information content (AvgIpc) is 2.59. The smallest absolute Gasteiger partial charge is 0.240 e. The maximum absolute atomic E-state index is 12.3. The molecule has 0 heterocycles. The summed E-state index contributed by atoms with van der Waals surface area (Å²) < 4.78 is 25.2. The van der Waals surface area contributed by atoms with Crippen LogP contribution in [0.15, 0.2) is 36.4 Å². The average molecular weight is 516 g/mol. The molecule has 0 saturated carbocycles. The maximum atomic E-state index is 12.3. The minimum absolute atomic E-state index is 0.225. The summed E-state index contributed by atoms with van der Waals surface area (Å²) in [5.41, 5.74) is 1.07. The third-order valence-corrected chi connectivity index (χ3v) is 6.97. The number of rotatable bonds is 9. The van der Waals surface area contributed by atoms with Gasteiger partial charge in [0.2, 0.25) is 15.9 Å². The first kappa shape index (κ1) is 24.4. The number of benzene rings is 2. The Morgan fingerprint density at radius 2 is 1.66 bits per heavy atom. The number of sulfonamides is 1. The fourth-order valence-corrected chi connectivity index (χ4v) is 5.33. The van der Waals surface area contributed by atoms with Crippen LogP contribution in [0, 0.1) is 0 Å². The Hall–Kier alpha value is -0.830. The van der Waals surface area contributed by atoms with Crippen molar-refractivity contribution in [3.8, 4) is 0 Å². The largest absolute Gasteiger partial charge is 0.354 e. The van der Waals surface area contributed by atoms with Gasteiger partial charge in [-0.2, -0.15) is 11.8 Å². The minimum atomic E-state index is -3.71. The molecule has 0 unspecified atom stereocenters. The highest BCUT2D eigenvalue weighted by Crippen LogP contribution is 2.28. The Labute approximate surface area is 194 Å². The van der Waals surface area contributed by atoms with Gasteiger partial charge in [-0.05, 0) is 35.9 Å². The number of nitrogens with one attached hydrogen (secondary N) is 1. The van der Waals surface area contributed by atoms with Crippen molar-refractivity contribution in [1.82, 2.24) is 5.32 Å². The van der Waals surface area contributed by atoms with Crippen molar-refractivity contribution >= 4 is 79.8 Å². The number of hydrogen-bond acceptors (Lipinski definition) is 4. The van der Waals surface area contributed by atoms with E-state index in [0.717, 1.165) is 16.1 Å². The van der Waals surface area contributed by atoms with Crippen molar-refractivity contribution in [2.45, 2.75) is 5.75 Å². The molecule has 11 heteroatoms. The normalized spacial score (nSPS) is 11.3. The molecule has 0 aromatic heterocycles. The molecule has 1 amide bonds. The van der Waals surface area contributed by atoms with E-state index in [1.54, 1.807) is 30.0 Å². The van der Waals surface area contributed by atoms with Crippen molar-refractivity contribution in [3.63, 3.8) is 0 Å². The molecular weight excluding hydrogens is 498 g/mol. The van der Waals surface area contributed by atoms with Crippen LogP contribution < -0.4 is 9.62 Å². The number of thioether (sulfide) groups is 1. The molecule has 0 aliphatic heterocycles. The lowest BCUT2D eigenvalue weighted by Crippen LogP contribution is -2.41. The van der Waals surface area contributed by atoms with Crippen LogP contribution in [0.25, 0.3) is 0 Å². The van der Waals surface area contributed by atoms with Crippen LogP contribution in [0.4, 0.5) is 5.69 Å². The van der Waals surface area contributed by atoms with Crippen LogP contribution in [0.5, 0.6) is 0 Å². The minimum Gasteiger partial charge on any atom is -0.354 e. The zero-order valence-electron chi connectivity index (χ0n) is 15.3. The van der Waals surface area contributed by atoms with Gasteiger partial charge in [-0.1, -0.05) is 52.5 Å². The second-order valence-corrected chi connectivity index (χ2v) is 10.7. The van der Waals surface area contributed by atoms with E-state index in [9.17, 15) is 13.2 Å². The standard InChI is InChI=1S/C18H18Cl4N2O3S2/c1-29(26,27)24(14-8-12(19)7-13(20)9-14)10-18(25)23-5-6-28-11-15-16(21)3-2-4-17(15)22/h2-4,7-9H,5-6,10-11H2,1H3,(H,23,25). The Kier molecular flexibility index (Phi) is 9.25. The molecule has 0 aliphatic carbocycles. The lowest BCUT2D eigenvalue weighted by Gasteiger charge is -2.22. The van der Waals surface area contributed by atoms with Gasteiger partial charge in [0.1, 0.15) is 6.54 Å². The van der Waals surface area contributed by atoms with E-state index >= 15 is 0 Å². The molecule has 0 aliphatic rings. The van der Waals surface area contributed by atoms with E-state index in [0.29, 0.717) is 28.1 Å². The molecule has 0 saturated heterocycles. The number of nitrogens with zero attached hydrogens (tertiary/aromatic N) is 1. The fraction of sp³-hybridized carbons (Fsp3) is 0.278. The third kappa shape index (κ3) is 7.74. The Morgan fingerprint density at radius 3 is 2.21 bits per heavy atom. The Morgan fingerprint density at radius 1 is 1.07 bits per heavy atom. The molecule has 158 valence electrons. The van der Waals surface area contributed by atoms with Gasteiger partial charge >= 0.3 is 0 Å². The molecule has 2 rings (SSSR count). The SMILES string of the molecule is CS(=O)(=O)N(CC(=O)NCCSCc1c(Cl)cccc1Cl)c1cc(Cl)cc(Cl)c1. The molecule has 0 atom stereocenters. The summed E-state index contributed by atoms with van der Waals surface area (Å²) in [4.78, 5) is 12.3. The van der Waals surface area contributed by atoms with Gasteiger partial charge in [-0.3, -0.25) is 9.10 Å². The summed E-state index contributed by atoms with van der Waals surface area (Å²) in [6.07, 6.45) is 1.01. The van der Waals surface area contributed by atoms with Gasteiger partial charge in [-0.15, -0.1) is 0 Å². The highest BCUT2D eigenvalue weighted by atomic mass is 35.5. The van der Waals surface area contributed by atoms with Crippen molar-refractivity contribution in [2.24, 2.45) is 0 Å². The Balaban J connectivity index is 1.89. The van der Waals surface area contributed by atoms with Crippen molar-refractivity contribution in [1.29, 1.82) is 0 Å². The topological polar surface area (TPSA) is 66.5 Å². The van der Waals surface area contributed by atoms with Gasteiger partial charge in [0.05, 0.1) is 11.9 Å². The number of hydrogen-bond donors (Lipinski definition) is 1. The third-order valence-electron chi connectivity index (χ3n) is 3.70. The van der Waals surface area contributed by atoms with E-state index in [2.05, 4.69) is 5.32 Å².